The number of hydrogen-bond acceptors (Lipinski definition) is 0. The summed E-state index contributed by atoms with van der Waals surface area (Å²) in [5.41, 5.74) is 0. The smallest absolute Gasteiger partial charge is 0 e. The second-order valence-corrected chi connectivity index (χ2v) is 0. The van der Waals surface area contributed by atoms with Gasteiger partial charge in [-0.15, -0.1) is 0 Å². The van der Waals surface area contributed by atoms with Gasteiger partial charge in [0.15, 0.2) is 0 Å². The first kappa shape index (κ1) is 32.2. The minimum Gasteiger partial charge on any atom is 0 e. The normalized spacial score (nSPS) is 0. The Morgan fingerprint density at radius 1 is 1.00 bits per heavy atom. The first-order valence-corrected chi connectivity index (χ1v) is 0. The van der Waals surface area contributed by atoms with E-state index in [4.69, 9.17) is 0 Å². The van der Waals surface area contributed by atoms with E-state index in [1.165, 1.54) is 0 Å². The van der Waals surface area contributed by atoms with Crippen LogP contribution in [0, 0.1) is 0 Å². The molecule has 0 N–H and O–H groups in total. The van der Waals surface area contributed by atoms with Crippen LogP contribution in [-0.4, -0.2) is 110 Å². The van der Waals surface area contributed by atoms with Gasteiger partial charge in [0.2, 0.25) is 0 Å². The summed E-state index contributed by atoms with van der Waals surface area (Å²) in [6.45, 7) is 0. The Bertz CT molecular complexity index is 11.6. The molecule has 0 rings (SSSR count). The zero-order chi connectivity index (χ0) is 0. The molecular weight excluding hydrogens is 476 g/mol. The number of rotatable bonds is 0. The fourth-order valence-electron chi connectivity index (χ4n) is 0. The van der Waals surface area contributed by atoms with E-state index in [2.05, 4.69) is 0 Å². The van der Waals surface area contributed by atoms with Crippen molar-refractivity contribution in [3.05, 3.63) is 0 Å². The summed E-state index contributed by atoms with van der Waals surface area (Å²) >= 11 is 0. The molecule has 0 fully saturated rings. The van der Waals surface area contributed by atoms with Crippen LogP contribution in [0.4, 0.5) is 0 Å². The quantitative estimate of drug-likeness (QED) is 0.329. The maximum Gasteiger partial charge on any atom is 0.316 e. The van der Waals surface area contributed by atoms with Crippen LogP contribution in [0.3, 0.4) is 0 Å². The van der Waals surface area contributed by atoms with Gasteiger partial charge in [-0.3, -0.25) is 0 Å². The van der Waals surface area contributed by atoms with Crippen LogP contribution < -0.4 is 0 Å². The van der Waals surface area contributed by atoms with Crippen molar-refractivity contribution in [3.8, 4) is 0 Å². The molecule has 2 radical (unpaired) electrons. The van der Waals surface area contributed by atoms with Gasteiger partial charge in [0, 0.05) is 44.8 Å². The van der Waals surface area contributed by atoms with Gasteiger partial charge in [-0.2, -0.15) is 0 Å². The van der Waals surface area contributed by atoms with Crippen LogP contribution in [0.5, 0.6) is 0 Å². The molecule has 0 saturated heterocycles. The van der Waals surface area contributed by atoms with Gasteiger partial charge in [0.1, 0.15) is 0 Å². The van der Waals surface area contributed by atoms with E-state index < -0.39 is 0 Å². The van der Waals surface area contributed by atoms with Gasteiger partial charge in [0.05, 0.1) is 0 Å². The van der Waals surface area contributed by atoms with Crippen molar-refractivity contribution in [2.24, 2.45) is 0 Å². The summed E-state index contributed by atoms with van der Waals surface area (Å²) in [6, 6.07) is 0. The average Bonchev–Trinajstić information content (AvgIpc) is 0. The summed E-state index contributed by atoms with van der Waals surface area (Å²) in [6.07, 6.45) is 0. The van der Waals surface area contributed by atoms with Crippen LogP contribution in [0.15, 0.2) is 0 Å². The van der Waals surface area contributed by atoms with E-state index in [9.17, 15) is 0 Å². The van der Waals surface area contributed by atoms with Gasteiger partial charge in [-0.1, -0.05) is 0 Å². The van der Waals surface area contributed by atoms with Gasteiger partial charge in [-0.05, 0) is 0 Å². The zero-order valence-electron chi connectivity index (χ0n) is 0.894. The molecule has 5 heteroatoms. The topological polar surface area (TPSA) is 0 Å². The Balaban J connectivity index is 0. The van der Waals surface area contributed by atoms with Crippen LogP contribution in [-0.2, 0) is 44.8 Å². The summed E-state index contributed by atoms with van der Waals surface area (Å²) in [5.74, 6) is 0. The summed E-state index contributed by atoms with van der Waals surface area (Å²) in [7, 11) is 0. The van der Waals surface area contributed by atoms with Crippen molar-refractivity contribution in [3.63, 3.8) is 0 Å². The minimum absolute atomic E-state index is 0. The maximum atomic E-state index is 0. The fraction of sp³-hybridized carbons (Fsp3) is 0. The van der Waals surface area contributed by atoms with Crippen molar-refractivity contribution < 1.29 is 44.8 Å². The Morgan fingerprint density at radius 2 is 1.00 bits per heavy atom. The Labute approximate surface area is 150 Å². The first-order valence-electron chi connectivity index (χ1n) is 0. The standard InChI is InChI=1S/Ba.Ca.Mg.Nb.Ta.6H. The molecule has 0 amide bonds. The van der Waals surface area contributed by atoms with Crippen LogP contribution in [0.1, 0.15) is 0 Å². The molecule has 0 unspecified atom stereocenters. The van der Waals surface area contributed by atoms with Crippen LogP contribution >= 0.6 is 0 Å². The third-order valence-electron chi connectivity index (χ3n) is 0. The van der Waals surface area contributed by atoms with Gasteiger partial charge in [0.25, 0.3) is 0 Å². The monoisotopic (exact) mass is 482 g/mol. The van der Waals surface area contributed by atoms with E-state index in [1.54, 1.807) is 0 Å². The summed E-state index contributed by atoms with van der Waals surface area (Å²) in [5, 5.41) is 0. The minimum atomic E-state index is 0. The molecule has 0 aromatic heterocycles. The number of hydrogen-bond donors (Lipinski definition) is 0. The molecule has 0 aromatic carbocycles. The molecule has 0 aliphatic carbocycles. The SMILES string of the molecule is [BaH2].[CaH2].[MgH2].[Nb].[Ta]. The first-order chi connectivity index (χ1) is 0. The summed E-state index contributed by atoms with van der Waals surface area (Å²) < 4.78 is 0. The maximum absolute atomic E-state index is 0. The molecule has 0 spiro atoms. The predicted molar refractivity (Wildman–Crippen MR) is 25.6 cm³/mol. The second-order valence-electron chi connectivity index (χ2n) is 0. The molecule has 0 aliphatic heterocycles. The molecule has 0 bridgehead atoms. The van der Waals surface area contributed by atoms with E-state index in [-0.39, 0.29) is 154 Å². The zero-order valence-corrected chi connectivity index (χ0v) is 6.31. The Morgan fingerprint density at radius 3 is 1.00 bits per heavy atom. The fourth-order valence-corrected chi connectivity index (χ4v) is 0. The van der Waals surface area contributed by atoms with E-state index >= 15 is 0 Å². The Hall–Kier alpha value is 5.08. The molecule has 22 valence electrons. The van der Waals surface area contributed by atoms with Crippen molar-refractivity contribution in [2.45, 2.75) is 0 Å². The van der Waals surface area contributed by atoms with Crippen LogP contribution in [0.25, 0.3) is 0 Å². The molecular formula is H6BaCaMgNbTa. The van der Waals surface area contributed by atoms with Gasteiger partial charge in [-0.25, -0.2) is 0 Å². The van der Waals surface area contributed by atoms with E-state index in [1.807, 2.05) is 0 Å². The molecule has 0 nitrogen and oxygen atoms in total. The Kier molecular flexibility index (Phi) is 148. The van der Waals surface area contributed by atoms with Gasteiger partial charge >= 0.3 is 110 Å². The van der Waals surface area contributed by atoms with E-state index in [0.717, 1.165) is 0 Å². The van der Waals surface area contributed by atoms with Crippen molar-refractivity contribution in [1.82, 2.24) is 0 Å². The van der Waals surface area contributed by atoms with Crippen molar-refractivity contribution in [1.29, 1.82) is 0 Å². The average molecular weight is 482 g/mol. The van der Waals surface area contributed by atoms with Crippen molar-refractivity contribution >= 4 is 110 Å². The molecule has 0 aromatic rings. The summed E-state index contributed by atoms with van der Waals surface area (Å²) in [4.78, 5) is 0. The molecule has 0 saturated carbocycles. The van der Waals surface area contributed by atoms with Gasteiger partial charge < -0.3 is 0 Å². The molecule has 5 heavy (non-hydrogen) atoms. The largest absolute Gasteiger partial charge is 0.316 e. The molecule has 0 heterocycles. The van der Waals surface area contributed by atoms with Crippen LogP contribution in [0.2, 0.25) is 0 Å². The van der Waals surface area contributed by atoms with E-state index in [0.29, 0.717) is 0 Å². The molecule has 0 atom stereocenters. The second kappa shape index (κ2) is 23.0. The van der Waals surface area contributed by atoms with Crippen molar-refractivity contribution in [2.75, 3.05) is 0 Å². The molecule has 0 aliphatic rings. The predicted octanol–water partition coefficient (Wildman–Crippen LogP) is -2.75. The third kappa shape index (κ3) is 17.6. The third-order valence-corrected chi connectivity index (χ3v) is 0.